The van der Waals surface area contributed by atoms with E-state index >= 15 is 0 Å². The normalized spacial score (nSPS) is 19.5. The second kappa shape index (κ2) is 2.61. The second-order valence-corrected chi connectivity index (χ2v) is 4.26. The van der Waals surface area contributed by atoms with Crippen LogP contribution < -0.4 is 5.73 Å². The zero-order valence-corrected chi connectivity index (χ0v) is 8.09. The number of hydrogen-bond acceptors (Lipinski definition) is 1. The van der Waals surface area contributed by atoms with Crippen LogP contribution in [0.2, 0.25) is 0 Å². The summed E-state index contributed by atoms with van der Waals surface area (Å²) >= 11 is 0. The molecular weight excluding hydrogens is 172 g/mol. The van der Waals surface area contributed by atoms with Crippen LogP contribution in [0.3, 0.4) is 0 Å². The summed E-state index contributed by atoms with van der Waals surface area (Å²) in [4.78, 5) is 3.28. The summed E-state index contributed by atoms with van der Waals surface area (Å²) in [6, 6.07) is 8.47. The molecular formula is C12H14N2. The largest absolute Gasteiger partial charge is 0.361 e. The first kappa shape index (κ1) is 8.06. The molecule has 1 aliphatic carbocycles. The van der Waals surface area contributed by atoms with Crippen LogP contribution in [-0.2, 0) is 5.54 Å². The highest BCUT2D eigenvalue weighted by Crippen LogP contribution is 2.41. The average Bonchev–Trinajstić information content (AvgIpc) is 2.61. The maximum atomic E-state index is 6.33. The van der Waals surface area contributed by atoms with Crippen molar-refractivity contribution in [1.82, 2.24) is 4.98 Å². The molecule has 0 radical (unpaired) electrons. The SMILES string of the molecule is NC1(c2cccc3cc[nH]c23)CCC1. The summed E-state index contributed by atoms with van der Waals surface area (Å²) in [5.74, 6) is 0. The molecule has 2 nitrogen and oxygen atoms in total. The molecule has 1 saturated carbocycles. The van der Waals surface area contributed by atoms with E-state index in [-0.39, 0.29) is 5.54 Å². The fraction of sp³-hybridized carbons (Fsp3) is 0.333. The number of H-pyrrole nitrogens is 1. The van der Waals surface area contributed by atoms with E-state index in [1.807, 2.05) is 6.20 Å². The predicted octanol–water partition coefficient (Wildman–Crippen LogP) is 2.51. The molecule has 1 heterocycles. The third-order valence-corrected chi connectivity index (χ3v) is 3.37. The fourth-order valence-electron chi connectivity index (χ4n) is 2.33. The van der Waals surface area contributed by atoms with Crippen molar-refractivity contribution in [3.8, 4) is 0 Å². The van der Waals surface area contributed by atoms with Gasteiger partial charge in [0.1, 0.15) is 0 Å². The molecule has 0 aliphatic heterocycles. The molecule has 0 unspecified atom stereocenters. The Kier molecular flexibility index (Phi) is 1.50. The van der Waals surface area contributed by atoms with Crippen LogP contribution >= 0.6 is 0 Å². The number of fused-ring (bicyclic) bond motifs is 1. The fourth-order valence-corrected chi connectivity index (χ4v) is 2.33. The monoisotopic (exact) mass is 186 g/mol. The minimum Gasteiger partial charge on any atom is -0.361 e. The van der Waals surface area contributed by atoms with Gasteiger partial charge in [0, 0.05) is 11.7 Å². The van der Waals surface area contributed by atoms with Gasteiger partial charge in [-0.15, -0.1) is 0 Å². The van der Waals surface area contributed by atoms with E-state index in [1.54, 1.807) is 0 Å². The standard InChI is InChI=1S/C12H14N2/c13-12(6-2-7-12)10-4-1-3-9-5-8-14-11(9)10/h1,3-5,8,14H,2,6-7,13H2. The van der Waals surface area contributed by atoms with E-state index in [0.717, 1.165) is 12.8 Å². The van der Waals surface area contributed by atoms with E-state index in [9.17, 15) is 0 Å². The van der Waals surface area contributed by atoms with Crippen molar-refractivity contribution < 1.29 is 0 Å². The quantitative estimate of drug-likeness (QED) is 0.706. The van der Waals surface area contributed by atoms with Gasteiger partial charge in [0.25, 0.3) is 0 Å². The van der Waals surface area contributed by atoms with E-state index in [2.05, 4.69) is 29.2 Å². The summed E-state index contributed by atoms with van der Waals surface area (Å²) in [7, 11) is 0. The Morgan fingerprint density at radius 2 is 2.07 bits per heavy atom. The van der Waals surface area contributed by atoms with E-state index in [0.29, 0.717) is 0 Å². The van der Waals surface area contributed by atoms with Gasteiger partial charge >= 0.3 is 0 Å². The van der Waals surface area contributed by atoms with Gasteiger partial charge in [-0.25, -0.2) is 0 Å². The van der Waals surface area contributed by atoms with Crippen molar-refractivity contribution >= 4 is 10.9 Å². The van der Waals surface area contributed by atoms with Crippen LogP contribution in [0.1, 0.15) is 24.8 Å². The Morgan fingerprint density at radius 3 is 2.79 bits per heavy atom. The van der Waals surface area contributed by atoms with Crippen LogP contribution in [0, 0.1) is 0 Å². The molecule has 1 aromatic heterocycles. The number of aromatic amines is 1. The molecule has 2 aromatic rings. The molecule has 0 amide bonds. The molecule has 3 rings (SSSR count). The number of benzene rings is 1. The van der Waals surface area contributed by atoms with Crippen molar-refractivity contribution in [3.63, 3.8) is 0 Å². The first-order valence-corrected chi connectivity index (χ1v) is 5.15. The zero-order chi connectivity index (χ0) is 9.60. The molecule has 0 spiro atoms. The molecule has 0 saturated heterocycles. The lowest BCUT2D eigenvalue weighted by Crippen LogP contribution is -2.43. The molecule has 1 aliphatic rings. The van der Waals surface area contributed by atoms with Gasteiger partial charge in [-0.3, -0.25) is 0 Å². The second-order valence-electron chi connectivity index (χ2n) is 4.26. The van der Waals surface area contributed by atoms with Crippen molar-refractivity contribution in [2.24, 2.45) is 5.73 Å². The summed E-state index contributed by atoms with van der Waals surface area (Å²) < 4.78 is 0. The van der Waals surface area contributed by atoms with Crippen LogP contribution in [0.4, 0.5) is 0 Å². The highest BCUT2D eigenvalue weighted by atomic mass is 14.8. The molecule has 0 atom stereocenters. The van der Waals surface area contributed by atoms with Gasteiger partial charge in [-0.2, -0.15) is 0 Å². The Hall–Kier alpha value is -1.28. The smallest absolute Gasteiger partial charge is 0.0505 e. The maximum Gasteiger partial charge on any atom is 0.0505 e. The molecule has 14 heavy (non-hydrogen) atoms. The highest BCUT2D eigenvalue weighted by Gasteiger charge is 2.35. The Bertz CT molecular complexity index is 466. The summed E-state index contributed by atoms with van der Waals surface area (Å²) in [5, 5.41) is 1.26. The number of hydrogen-bond donors (Lipinski definition) is 2. The molecule has 2 heteroatoms. The van der Waals surface area contributed by atoms with Crippen molar-refractivity contribution in [2.45, 2.75) is 24.8 Å². The number of para-hydroxylation sites is 1. The molecule has 1 fully saturated rings. The first-order valence-electron chi connectivity index (χ1n) is 5.15. The molecule has 1 aromatic carbocycles. The van der Waals surface area contributed by atoms with Crippen LogP contribution in [0.25, 0.3) is 10.9 Å². The minimum absolute atomic E-state index is 0.0651. The van der Waals surface area contributed by atoms with E-state index < -0.39 is 0 Å². The van der Waals surface area contributed by atoms with Gasteiger partial charge in [-0.05, 0) is 36.3 Å². The zero-order valence-electron chi connectivity index (χ0n) is 8.09. The predicted molar refractivity (Wildman–Crippen MR) is 58.0 cm³/mol. The molecule has 3 N–H and O–H groups in total. The van der Waals surface area contributed by atoms with Crippen LogP contribution in [0.5, 0.6) is 0 Å². The van der Waals surface area contributed by atoms with Crippen molar-refractivity contribution in [2.75, 3.05) is 0 Å². The van der Waals surface area contributed by atoms with Gasteiger partial charge in [0.05, 0.1) is 5.52 Å². The third kappa shape index (κ3) is 0.946. The highest BCUT2D eigenvalue weighted by molar-refractivity contribution is 5.83. The lowest BCUT2D eigenvalue weighted by Gasteiger charge is -2.38. The average molecular weight is 186 g/mol. The lowest BCUT2D eigenvalue weighted by atomic mass is 9.72. The Balaban J connectivity index is 2.24. The van der Waals surface area contributed by atoms with Crippen LogP contribution in [-0.4, -0.2) is 4.98 Å². The maximum absolute atomic E-state index is 6.33. The van der Waals surface area contributed by atoms with Crippen molar-refractivity contribution in [3.05, 3.63) is 36.0 Å². The summed E-state index contributed by atoms with van der Waals surface area (Å²) in [6.07, 6.45) is 5.47. The van der Waals surface area contributed by atoms with Crippen LogP contribution in [0.15, 0.2) is 30.5 Å². The first-order chi connectivity index (χ1) is 6.80. The summed E-state index contributed by atoms with van der Waals surface area (Å²) in [5.41, 5.74) is 8.77. The topological polar surface area (TPSA) is 41.8 Å². The number of aromatic nitrogens is 1. The third-order valence-electron chi connectivity index (χ3n) is 3.37. The van der Waals surface area contributed by atoms with E-state index in [4.69, 9.17) is 5.73 Å². The lowest BCUT2D eigenvalue weighted by molar-refractivity contribution is 0.255. The van der Waals surface area contributed by atoms with Gasteiger partial charge in [0.15, 0.2) is 0 Å². The summed E-state index contributed by atoms with van der Waals surface area (Å²) in [6.45, 7) is 0. The molecule has 0 bridgehead atoms. The van der Waals surface area contributed by atoms with Gasteiger partial charge in [0.2, 0.25) is 0 Å². The Morgan fingerprint density at radius 1 is 1.21 bits per heavy atom. The number of rotatable bonds is 1. The Labute approximate surface area is 83.1 Å². The number of nitrogens with two attached hydrogens (primary N) is 1. The van der Waals surface area contributed by atoms with Gasteiger partial charge < -0.3 is 10.7 Å². The minimum atomic E-state index is -0.0651. The van der Waals surface area contributed by atoms with Crippen molar-refractivity contribution in [1.29, 1.82) is 0 Å². The molecule has 72 valence electrons. The van der Waals surface area contributed by atoms with Gasteiger partial charge in [-0.1, -0.05) is 18.2 Å². The van der Waals surface area contributed by atoms with E-state index in [1.165, 1.54) is 22.9 Å². The number of nitrogens with one attached hydrogen (secondary N) is 1.